The van der Waals surface area contributed by atoms with Crippen molar-refractivity contribution in [3.8, 4) is 0 Å². The van der Waals surface area contributed by atoms with E-state index in [0.29, 0.717) is 17.1 Å². The first-order chi connectivity index (χ1) is 9.06. The van der Waals surface area contributed by atoms with E-state index in [-0.39, 0.29) is 11.9 Å². The van der Waals surface area contributed by atoms with Gasteiger partial charge in [0.15, 0.2) is 0 Å². The number of hydrogen-bond acceptors (Lipinski definition) is 2. The Hall–Kier alpha value is -1.06. The van der Waals surface area contributed by atoms with Crippen molar-refractivity contribution in [2.75, 3.05) is 0 Å². The zero-order valence-corrected chi connectivity index (χ0v) is 11.9. The number of fused-ring (bicyclic) bond motifs is 2. The summed E-state index contributed by atoms with van der Waals surface area (Å²) >= 11 is 6.02. The molecule has 2 unspecified atom stereocenters. The van der Waals surface area contributed by atoms with Gasteiger partial charge in [-0.3, -0.25) is 4.79 Å². The van der Waals surface area contributed by atoms with E-state index in [1.807, 2.05) is 19.1 Å². The van der Waals surface area contributed by atoms with Gasteiger partial charge in [-0.1, -0.05) is 17.7 Å². The lowest BCUT2D eigenvalue weighted by molar-refractivity contribution is 0.0574. The Balaban J connectivity index is 1.90. The van der Waals surface area contributed by atoms with Gasteiger partial charge in [0.1, 0.15) is 0 Å². The summed E-state index contributed by atoms with van der Waals surface area (Å²) in [6.07, 6.45) is 4.04. The topological polar surface area (TPSA) is 46.3 Å². The minimum Gasteiger partial charge on any atom is -0.333 e. The molecule has 2 saturated heterocycles. The van der Waals surface area contributed by atoms with E-state index in [1.54, 1.807) is 6.07 Å². The molecular weight excluding hydrogens is 260 g/mol. The molecule has 3 rings (SSSR count). The second-order valence-corrected chi connectivity index (χ2v) is 6.22. The average Bonchev–Trinajstić information content (AvgIpc) is 2.64. The zero-order chi connectivity index (χ0) is 13.6. The third-order valence-corrected chi connectivity index (χ3v) is 4.67. The van der Waals surface area contributed by atoms with Crippen LogP contribution >= 0.6 is 11.6 Å². The van der Waals surface area contributed by atoms with Crippen LogP contribution in [0.3, 0.4) is 0 Å². The maximum absolute atomic E-state index is 12.8. The van der Waals surface area contributed by atoms with Crippen LogP contribution in [0, 0.1) is 6.92 Å². The molecule has 0 spiro atoms. The highest BCUT2D eigenvalue weighted by Gasteiger charge is 2.42. The molecule has 2 atom stereocenters. The van der Waals surface area contributed by atoms with Crippen LogP contribution in [0.15, 0.2) is 18.2 Å². The Labute approximate surface area is 118 Å². The molecule has 4 heteroatoms. The van der Waals surface area contributed by atoms with Crippen LogP contribution in [0.5, 0.6) is 0 Å². The molecule has 2 aliphatic rings. The van der Waals surface area contributed by atoms with Crippen LogP contribution < -0.4 is 5.73 Å². The number of halogens is 1. The summed E-state index contributed by atoms with van der Waals surface area (Å²) in [5, 5.41) is 0.620. The number of piperidine rings is 1. The Kier molecular flexibility index (Phi) is 3.27. The van der Waals surface area contributed by atoms with Gasteiger partial charge < -0.3 is 10.6 Å². The summed E-state index contributed by atoms with van der Waals surface area (Å²) in [6.45, 7) is 1.96. The predicted octanol–water partition coefficient (Wildman–Crippen LogP) is 2.74. The lowest BCUT2D eigenvalue weighted by Gasteiger charge is -2.38. The summed E-state index contributed by atoms with van der Waals surface area (Å²) in [6, 6.07) is 6.41. The van der Waals surface area contributed by atoms with Gasteiger partial charge in [0.05, 0.1) is 0 Å². The summed E-state index contributed by atoms with van der Waals surface area (Å²) < 4.78 is 0. The van der Waals surface area contributed by atoms with Crippen LogP contribution in [0.2, 0.25) is 5.02 Å². The van der Waals surface area contributed by atoms with Crippen molar-refractivity contribution in [3.63, 3.8) is 0 Å². The second kappa shape index (κ2) is 4.80. The number of aryl methyl sites for hydroxylation is 1. The first kappa shape index (κ1) is 12.9. The van der Waals surface area contributed by atoms with Crippen LogP contribution in [0.1, 0.15) is 41.6 Å². The van der Waals surface area contributed by atoms with Crippen LogP contribution in [-0.2, 0) is 0 Å². The molecule has 0 aliphatic carbocycles. The lowest BCUT2D eigenvalue weighted by atomic mass is 9.96. The number of nitrogens with two attached hydrogens (primary N) is 1. The molecule has 1 amide bonds. The Morgan fingerprint density at radius 2 is 1.95 bits per heavy atom. The standard InChI is InChI=1S/C15H19ClN2O/c1-9-2-3-10(16)6-14(9)15(19)18-12-4-5-13(18)8-11(17)7-12/h2-3,6,11-13H,4-5,7-8,17H2,1H3. The fourth-order valence-electron chi connectivity index (χ4n) is 3.51. The number of nitrogens with zero attached hydrogens (tertiary/aromatic N) is 1. The molecule has 102 valence electrons. The van der Waals surface area contributed by atoms with Crippen LogP contribution in [-0.4, -0.2) is 28.9 Å². The highest BCUT2D eigenvalue weighted by atomic mass is 35.5. The van der Waals surface area contributed by atoms with Gasteiger partial charge in [-0.15, -0.1) is 0 Å². The number of carbonyl (C=O) groups is 1. The van der Waals surface area contributed by atoms with Gasteiger partial charge in [-0.2, -0.15) is 0 Å². The smallest absolute Gasteiger partial charge is 0.254 e. The van der Waals surface area contributed by atoms with Crippen molar-refractivity contribution in [2.45, 2.75) is 50.7 Å². The van der Waals surface area contributed by atoms with Crippen LogP contribution in [0.4, 0.5) is 0 Å². The first-order valence-corrected chi connectivity index (χ1v) is 7.28. The molecule has 0 saturated carbocycles. The van der Waals surface area contributed by atoms with Gasteiger partial charge in [-0.05, 0) is 50.3 Å². The Morgan fingerprint density at radius 3 is 2.58 bits per heavy atom. The van der Waals surface area contributed by atoms with Crippen LogP contribution in [0.25, 0.3) is 0 Å². The van der Waals surface area contributed by atoms with E-state index < -0.39 is 0 Å². The molecular formula is C15H19ClN2O. The lowest BCUT2D eigenvalue weighted by Crippen LogP contribution is -2.50. The predicted molar refractivity (Wildman–Crippen MR) is 76.4 cm³/mol. The minimum atomic E-state index is 0.124. The number of rotatable bonds is 1. The number of carbonyl (C=O) groups excluding carboxylic acids is 1. The van der Waals surface area contributed by atoms with E-state index in [4.69, 9.17) is 17.3 Å². The molecule has 2 fully saturated rings. The molecule has 1 aromatic carbocycles. The molecule has 2 aliphatic heterocycles. The van der Waals surface area contributed by atoms with Gasteiger partial charge in [0, 0.05) is 28.7 Å². The second-order valence-electron chi connectivity index (χ2n) is 5.79. The fraction of sp³-hybridized carbons (Fsp3) is 0.533. The first-order valence-electron chi connectivity index (χ1n) is 6.90. The SMILES string of the molecule is Cc1ccc(Cl)cc1C(=O)N1C2CCC1CC(N)C2. The normalized spacial score (nSPS) is 29.6. The highest BCUT2D eigenvalue weighted by molar-refractivity contribution is 6.31. The summed E-state index contributed by atoms with van der Waals surface area (Å²) in [5.74, 6) is 0.124. The molecule has 0 radical (unpaired) electrons. The maximum atomic E-state index is 12.8. The molecule has 2 heterocycles. The van der Waals surface area contributed by atoms with Gasteiger partial charge in [0.2, 0.25) is 0 Å². The molecule has 2 N–H and O–H groups in total. The molecule has 2 bridgehead atoms. The van der Waals surface area contributed by atoms with E-state index in [2.05, 4.69) is 4.90 Å². The summed E-state index contributed by atoms with van der Waals surface area (Å²) in [7, 11) is 0. The van der Waals surface area contributed by atoms with Gasteiger partial charge in [0.25, 0.3) is 5.91 Å². The summed E-state index contributed by atoms with van der Waals surface area (Å²) in [5.41, 5.74) is 7.78. The maximum Gasteiger partial charge on any atom is 0.254 e. The van der Waals surface area contributed by atoms with E-state index >= 15 is 0 Å². The third kappa shape index (κ3) is 2.26. The number of hydrogen-bond donors (Lipinski definition) is 1. The van der Waals surface area contributed by atoms with Crippen molar-refractivity contribution >= 4 is 17.5 Å². The van der Waals surface area contributed by atoms with Crippen molar-refractivity contribution in [2.24, 2.45) is 5.73 Å². The third-order valence-electron chi connectivity index (χ3n) is 4.43. The van der Waals surface area contributed by atoms with Crippen molar-refractivity contribution in [1.82, 2.24) is 4.90 Å². The highest BCUT2D eigenvalue weighted by Crippen LogP contribution is 2.36. The van der Waals surface area contributed by atoms with Crippen molar-refractivity contribution in [1.29, 1.82) is 0 Å². The van der Waals surface area contributed by atoms with E-state index in [1.165, 1.54) is 0 Å². The van der Waals surface area contributed by atoms with Crippen molar-refractivity contribution in [3.05, 3.63) is 34.3 Å². The number of benzene rings is 1. The van der Waals surface area contributed by atoms with Crippen molar-refractivity contribution < 1.29 is 4.79 Å². The molecule has 19 heavy (non-hydrogen) atoms. The monoisotopic (exact) mass is 278 g/mol. The fourth-order valence-corrected chi connectivity index (χ4v) is 3.69. The van der Waals surface area contributed by atoms with Gasteiger partial charge >= 0.3 is 0 Å². The average molecular weight is 279 g/mol. The largest absolute Gasteiger partial charge is 0.333 e. The summed E-state index contributed by atoms with van der Waals surface area (Å²) in [4.78, 5) is 14.8. The number of amides is 1. The van der Waals surface area contributed by atoms with E-state index in [0.717, 1.165) is 36.8 Å². The quantitative estimate of drug-likeness (QED) is 0.859. The molecule has 0 aromatic heterocycles. The van der Waals surface area contributed by atoms with E-state index in [9.17, 15) is 4.79 Å². The van der Waals surface area contributed by atoms with Gasteiger partial charge in [-0.25, -0.2) is 0 Å². The molecule has 1 aromatic rings. The Bertz CT molecular complexity index is 503. The minimum absolute atomic E-state index is 0.124. The Morgan fingerprint density at radius 1 is 1.32 bits per heavy atom. The zero-order valence-electron chi connectivity index (χ0n) is 11.1. The molecule has 3 nitrogen and oxygen atoms in total.